The van der Waals surface area contributed by atoms with Crippen molar-refractivity contribution >= 4 is 5.91 Å². The van der Waals surface area contributed by atoms with E-state index in [1.54, 1.807) is 0 Å². The van der Waals surface area contributed by atoms with Crippen LogP contribution in [0, 0.1) is 5.92 Å². The van der Waals surface area contributed by atoms with Gasteiger partial charge in [-0.2, -0.15) is 0 Å². The molecule has 4 nitrogen and oxygen atoms in total. The van der Waals surface area contributed by atoms with Crippen LogP contribution in [0.4, 0.5) is 0 Å². The van der Waals surface area contributed by atoms with E-state index in [1.165, 1.54) is 0 Å². The van der Waals surface area contributed by atoms with Crippen LogP contribution >= 0.6 is 0 Å². The minimum absolute atomic E-state index is 0.115. The van der Waals surface area contributed by atoms with E-state index in [0.29, 0.717) is 12.5 Å². The van der Waals surface area contributed by atoms with Crippen LogP contribution in [0.1, 0.15) is 39.5 Å². The van der Waals surface area contributed by atoms with Gasteiger partial charge in [-0.15, -0.1) is 0 Å². The summed E-state index contributed by atoms with van der Waals surface area (Å²) >= 11 is 0. The third kappa shape index (κ3) is 5.04. The molecule has 0 radical (unpaired) electrons. The molecule has 1 fully saturated rings. The van der Waals surface area contributed by atoms with Gasteiger partial charge in [-0.05, 0) is 25.2 Å². The van der Waals surface area contributed by atoms with Crippen LogP contribution in [0.25, 0.3) is 0 Å². The highest BCUT2D eigenvalue weighted by Crippen LogP contribution is 2.19. The van der Waals surface area contributed by atoms with Crippen molar-refractivity contribution in [1.29, 1.82) is 0 Å². The van der Waals surface area contributed by atoms with Gasteiger partial charge < -0.3 is 10.4 Å². The molecule has 17 heavy (non-hydrogen) atoms. The van der Waals surface area contributed by atoms with Gasteiger partial charge in [-0.25, -0.2) is 0 Å². The number of carbonyl (C=O) groups excluding carboxylic acids is 1. The van der Waals surface area contributed by atoms with Crippen molar-refractivity contribution in [2.45, 2.75) is 45.6 Å². The fraction of sp³-hybridized carbons (Fsp3) is 0.923. The highest BCUT2D eigenvalue weighted by molar-refractivity contribution is 5.77. The maximum atomic E-state index is 11.6. The molecule has 0 bridgehead atoms. The number of amides is 1. The van der Waals surface area contributed by atoms with Crippen molar-refractivity contribution in [3.63, 3.8) is 0 Å². The highest BCUT2D eigenvalue weighted by Gasteiger charge is 2.26. The number of hydrogen-bond donors (Lipinski definition) is 2. The van der Waals surface area contributed by atoms with Gasteiger partial charge in [0, 0.05) is 19.6 Å². The summed E-state index contributed by atoms with van der Waals surface area (Å²) in [6, 6.07) is 0. The van der Waals surface area contributed by atoms with Crippen LogP contribution in [0.15, 0.2) is 0 Å². The molecule has 1 heterocycles. The van der Waals surface area contributed by atoms with Crippen molar-refractivity contribution < 1.29 is 9.90 Å². The van der Waals surface area contributed by atoms with E-state index in [-0.39, 0.29) is 12.0 Å². The van der Waals surface area contributed by atoms with Gasteiger partial charge in [0.25, 0.3) is 0 Å². The number of nitrogens with one attached hydrogen (secondary N) is 1. The van der Waals surface area contributed by atoms with Gasteiger partial charge in [0.1, 0.15) is 0 Å². The predicted octanol–water partition coefficient (Wildman–Crippen LogP) is 0.995. The zero-order valence-electron chi connectivity index (χ0n) is 11.1. The van der Waals surface area contributed by atoms with Crippen molar-refractivity contribution in [2.75, 3.05) is 26.2 Å². The molecule has 1 saturated heterocycles. The summed E-state index contributed by atoms with van der Waals surface area (Å²) in [5.74, 6) is 0.442. The molecule has 1 amide bonds. The number of rotatable bonds is 6. The Hall–Kier alpha value is -0.610. The number of piperidine rings is 1. The molecule has 1 aliphatic heterocycles. The number of nitrogens with zero attached hydrogens (tertiary/aromatic N) is 1. The summed E-state index contributed by atoms with van der Waals surface area (Å²) in [4.78, 5) is 13.8. The Morgan fingerprint density at radius 1 is 1.47 bits per heavy atom. The van der Waals surface area contributed by atoms with E-state index in [0.717, 1.165) is 45.3 Å². The first-order valence-electron chi connectivity index (χ1n) is 6.84. The Bertz CT molecular complexity index is 233. The van der Waals surface area contributed by atoms with Gasteiger partial charge in [0.2, 0.25) is 5.91 Å². The van der Waals surface area contributed by atoms with E-state index in [9.17, 15) is 9.90 Å². The average Bonchev–Trinajstić information content (AvgIpc) is 2.32. The molecule has 0 aromatic rings. The molecule has 2 unspecified atom stereocenters. The lowest BCUT2D eigenvalue weighted by atomic mass is 9.92. The van der Waals surface area contributed by atoms with Crippen LogP contribution in [-0.4, -0.2) is 48.2 Å². The highest BCUT2D eigenvalue weighted by atomic mass is 16.3. The Morgan fingerprint density at radius 2 is 2.24 bits per heavy atom. The second kappa shape index (κ2) is 7.67. The molecular weight excluding hydrogens is 216 g/mol. The van der Waals surface area contributed by atoms with E-state index in [2.05, 4.69) is 24.1 Å². The van der Waals surface area contributed by atoms with Crippen molar-refractivity contribution in [3.05, 3.63) is 0 Å². The third-order valence-corrected chi connectivity index (χ3v) is 3.52. The van der Waals surface area contributed by atoms with E-state index in [4.69, 9.17) is 0 Å². The first-order valence-corrected chi connectivity index (χ1v) is 6.84. The smallest absolute Gasteiger partial charge is 0.234 e. The lowest BCUT2D eigenvalue weighted by Crippen LogP contribution is -2.47. The zero-order chi connectivity index (χ0) is 12.7. The summed E-state index contributed by atoms with van der Waals surface area (Å²) in [6.07, 6.45) is 3.74. The van der Waals surface area contributed by atoms with Gasteiger partial charge >= 0.3 is 0 Å². The maximum absolute atomic E-state index is 11.6. The lowest BCUT2D eigenvalue weighted by molar-refractivity contribution is -0.123. The van der Waals surface area contributed by atoms with Gasteiger partial charge in [0.15, 0.2) is 0 Å². The number of aliphatic hydroxyl groups excluding tert-OH is 1. The van der Waals surface area contributed by atoms with Crippen molar-refractivity contribution in [1.82, 2.24) is 10.2 Å². The molecule has 2 atom stereocenters. The quantitative estimate of drug-likeness (QED) is 0.683. The molecule has 2 N–H and O–H groups in total. The second-order valence-electron chi connectivity index (χ2n) is 4.96. The van der Waals surface area contributed by atoms with Crippen LogP contribution in [0.5, 0.6) is 0 Å². The summed E-state index contributed by atoms with van der Waals surface area (Å²) in [5.41, 5.74) is 0. The summed E-state index contributed by atoms with van der Waals surface area (Å²) < 4.78 is 0. The monoisotopic (exact) mass is 242 g/mol. The Morgan fingerprint density at radius 3 is 2.88 bits per heavy atom. The molecule has 0 saturated carbocycles. The van der Waals surface area contributed by atoms with Crippen LogP contribution in [-0.2, 0) is 4.79 Å². The molecule has 1 aliphatic rings. The number of likely N-dealkylation sites (tertiary alicyclic amines) is 1. The summed E-state index contributed by atoms with van der Waals surface area (Å²) in [6.45, 7) is 7.15. The molecule has 0 aliphatic carbocycles. The molecule has 1 rings (SSSR count). The molecule has 0 aromatic carbocycles. The van der Waals surface area contributed by atoms with E-state index < -0.39 is 0 Å². The first-order chi connectivity index (χ1) is 8.17. The third-order valence-electron chi connectivity index (χ3n) is 3.52. The van der Waals surface area contributed by atoms with Gasteiger partial charge in [-0.3, -0.25) is 9.69 Å². The lowest BCUT2D eigenvalue weighted by Gasteiger charge is -2.35. The summed E-state index contributed by atoms with van der Waals surface area (Å²) in [5, 5.41) is 12.7. The summed E-state index contributed by atoms with van der Waals surface area (Å²) in [7, 11) is 0. The molecule has 0 spiro atoms. The number of carbonyl (C=O) groups is 1. The molecule has 0 aromatic heterocycles. The van der Waals surface area contributed by atoms with Crippen molar-refractivity contribution in [3.8, 4) is 0 Å². The number of hydrogen-bond acceptors (Lipinski definition) is 3. The minimum atomic E-state index is -0.181. The molecule has 100 valence electrons. The number of unbranched alkanes of at least 4 members (excludes halogenated alkanes) is 1. The van der Waals surface area contributed by atoms with E-state index >= 15 is 0 Å². The second-order valence-corrected chi connectivity index (χ2v) is 4.96. The molecular formula is C13H26N2O2. The Labute approximate surface area is 104 Å². The predicted molar refractivity (Wildman–Crippen MR) is 68.8 cm³/mol. The van der Waals surface area contributed by atoms with Crippen LogP contribution < -0.4 is 5.32 Å². The zero-order valence-corrected chi connectivity index (χ0v) is 11.1. The number of aliphatic hydroxyl groups is 1. The fourth-order valence-corrected chi connectivity index (χ4v) is 2.30. The first kappa shape index (κ1) is 14.5. The van der Waals surface area contributed by atoms with Crippen LogP contribution in [0.2, 0.25) is 0 Å². The topological polar surface area (TPSA) is 52.6 Å². The van der Waals surface area contributed by atoms with Gasteiger partial charge in [0.05, 0.1) is 12.6 Å². The average molecular weight is 242 g/mol. The van der Waals surface area contributed by atoms with E-state index in [1.807, 2.05) is 0 Å². The fourth-order valence-electron chi connectivity index (χ4n) is 2.30. The normalized spacial score (nSPS) is 25.8. The van der Waals surface area contributed by atoms with Crippen LogP contribution in [0.3, 0.4) is 0 Å². The Balaban J connectivity index is 2.24. The largest absolute Gasteiger partial charge is 0.393 e. The Kier molecular flexibility index (Phi) is 6.52. The molecule has 4 heteroatoms. The SMILES string of the molecule is CCCCNC(=O)CN1CCC(O)C(CC)C1. The standard InChI is InChI=1S/C13H26N2O2/c1-3-5-7-14-13(17)10-15-8-6-12(16)11(4-2)9-15/h11-12,16H,3-10H2,1-2H3,(H,14,17). The minimum Gasteiger partial charge on any atom is -0.393 e. The maximum Gasteiger partial charge on any atom is 0.234 e. The van der Waals surface area contributed by atoms with Crippen molar-refractivity contribution in [2.24, 2.45) is 5.92 Å². The van der Waals surface area contributed by atoms with Gasteiger partial charge in [-0.1, -0.05) is 20.3 Å².